The van der Waals surface area contributed by atoms with Gasteiger partial charge in [0.1, 0.15) is 5.75 Å². The fourth-order valence-corrected chi connectivity index (χ4v) is 1.95. The predicted octanol–water partition coefficient (Wildman–Crippen LogP) is 2.00. The minimum absolute atomic E-state index is 0.0719. The molecule has 0 bridgehead atoms. The lowest BCUT2D eigenvalue weighted by atomic mass is 10.1. The lowest BCUT2D eigenvalue weighted by Crippen LogP contribution is -2.26. The van der Waals surface area contributed by atoms with E-state index >= 15 is 0 Å². The molecular formula is C14H17N3O2. The van der Waals surface area contributed by atoms with Crippen LogP contribution in [0.3, 0.4) is 0 Å². The molecule has 100 valence electrons. The number of nitrogens with zero attached hydrogens (tertiary/aromatic N) is 2. The van der Waals surface area contributed by atoms with Gasteiger partial charge in [0.05, 0.1) is 18.9 Å². The molecule has 0 aliphatic heterocycles. The fraction of sp³-hybridized carbons (Fsp3) is 0.286. The highest BCUT2D eigenvalue weighted by molar-refractivity contribution is 5.93. The van der Waals surface area contributed by atoms with Crippen LogP contribution in [0.15, 0.2) is 30.6 Å². The van der Waals surface area contributed by atoms with Crippen LogP contribution in [0, 0.1) is 6.92 Å². The fourth-order valence-electron chi connectivity index (χ4n) is 1.95. The number of ether oxygens (including phenoxy) is 1. The smallest absolute Gasteiger partial charge is 0.257 e. The summed E-state index contributed by atoms with van der Waals surface area (Å²) in [7, 11) is 3.39. The van der Waals surface area contributed by atoms with Gasteiger partial charge in [-0.3, -0.25) is 9.89 Å². The second kappa shape index (κ2) is 5.56. The molecule has 0 aliphatic carbocycles. The van der Waals surface area contributed by atoms with Crippen molar-refractivity contribution in [3.05, 3.63) is 47.3 Å². The number of carbonyl (C=O) groups excluding carboxylic acids is 1. The third kappa shape index (κ3) is 2.93. The van der Waals surface area contributed by atoms with Crippen LogP contribution < -0.4 is 4.74 Å². The number of aryl methyl sites for hydroxylation is 1. The van der Waals surface area contributed by atoms with Crippen molar-refractivity contribution in [2.75, 3.05) is 14.2 Å². The Morgan fingerprint density at radius 3 is 2.89 bits per heavy atom. The van der Waals surface area contributed by atoms with Gasteiger partial charge in [0.25, 0.3) is 5.91 Å². The van der Waals surface area contributed by atoms with E-state index in [1.807, 2.05) is 25.1 Å². The zero-order valence-electron chi connectivity index (χ0n) is 11.3. The number of methoxy groups -OCH3 is 1. The number of hydrogen-bond acceptors (Lipinski definition) is 3. The van der Waals surface area contributed by atoms with Crippen LogP contribution in [-0.4, -0.2) is 35.2 Å². The summed E-state index contributed by atoms with van der Waals surface area (Å²) in [5, 5.41) is 6.42. The number of hydrogen-bond donors (Lipinski definition) is 1. The first-order valence-electron chi connectivity index (χ1n) is 5.99. The Morgan fingerprint density at radius 2 is 2.26 bits per heavy atom. The van der Waals surface area contributed by atoms with Crippen LogP contribution in [0.2, 0.25) is 0 Å². The van der Waals surface area contributed by atoms with Crippen molar-refractivity contribution in [2.45, 2.75) is 13.5 Å². The van der Waals surface area contributed by atoms with E-state index in [4.69, 9.17) is 4.74 Å². The molecule has 0 atom stereocenters. The van der Waals surface area contributed by atoms with Crippen LogP contribution in [0.1, 0.15) is 21.5 Å². The Labute approximate surface area is 112 Å². The summed E-state index contributed by atoms with van der Waals surface area (Å²) in [4.78, 5) is 13.8. The van der Waals surface area contributed by atoms with Gasteiger partial charge in [-0.25, -0.2) is 0 Å². The Morgan fingerprint density at radius 1 is 1.47 bits per heavy atom. The van der Waals surface area contributed by atoms with Crippen molar-refractivity contribution in [3.8, 4) is 5.75 Å². The largest absolute Gasteiger partial charge is 0.496 e. The minimum atomic E-state index is -0.0719. The molecule has 0 saturated heterocycles. The first kappa shape index (κ1) is 13.1. The molecule has 0 radical (unpaired) electrons. The number of nitrogens with one attached hydrogen (secondary N) is 1. The molecule has 0 spiro atoms. The maximum absolute atomic E-state index is 12.1. The van der Waals surface area contributed by atoms with Crippen molar-refractivity contribution in [1.29, 1.82) is 0 Å². The van der Waals surface area contributed by atoms with Crippen molar-refractivity contribution in [2.24, 2.45) is 0 Å². The van der Waals surface area contributed by atoms with Gasteiger partial charge in [-0.15, -0.1) is 0 Å². The van der Waals surface area contributed by atoms with Gasteiger partial charge in [0, 0.05) is 25.4 Å². The third-order valence-corrected chi connectivity index (χ3v) is 2.94. The van der Waals surface area contributed by atoms with Gasteiger partial charge >= 0.3 is 0 Å². The summed E-state index contributed by atoms with van der Waals surface area (Å²) >= 11 is 0. The standard InChI is InChI=1S/C14H17N3O2/c1-10-4-5-13(19-3)11(6-10)9-17(2)14(18)12-7-15-16-8-12/h4-8H,9H2,1-3H3,(H,15,16). The Bertz CT molecular complexity index is 564. The summed E-state index contributed by atoms with van der Waals surface area (Å²) in [6.45, 7) is 2.51. The molecule has 1 heterocycles. The van der Waals surface area contributed by atoms with Gasteiger partial charge < -0.3 is 9.64 Å². The highest BCUT2D eigenvalue weighted by Gasteiger charge is 2.14. The number of aromatic amines is 1. The quantitative estimate of drug-likeness (QED) is 0.913. The van der Waals surface area contributed by atoms with Crippen molar-refractivity contribution in [3.63, 3.8) is 0 Å². The maximum Gasteiger partial charge on any atom is 0.257 e. The van der Waals surface area contributed by atoms with Crippen LogP contribution in [-0.2, 0) is 6.54 Å². The third-order valence-electron chi connectivity index (χ3n) is 2.94. The van der Waals surface area contributed by atoms with Crippen molar-refractivity contribution < 1.29 is 9.53 Å². The highest BCUT2D eigenvalue weighted by atomic mass is 16.5. The number of carbonyl (C=O) groups is 1. The molecule has 0 unspecified atom stereocenters. The summed E-state index contributed by atoms with van der Waals surface area (Å²) in [5.74, 6) is 0.717. The van der Waals surface area contributed by atoms with Crippen LogP contribution in [0.25, 0.3) is 0 Å². The first-order chi connectivity index (χ1) is 9.11. The molecule has 1 N–H and O–H groups in total. The summed E-state index contributed by atoms with van der Waals surface area (Å²) < 4.78 is 5.32. The number of rotatable bonds is 4. The van der Waals surface area contributed by atoms with E-state index in [0.717, 1.165) is 16.9 Å². The van der Waals surface area contributed by atoms with Gasteiger partial charge in [-0.1, -0.05) is 17.7 Å². The van der Waals surface area contributed by atoms with E-state index in [0.29, 0.717) is 12.1 Å². The highest BCUT2D eigenvalue weighted by Crippen LogP contribution is 2.21. The molecule has 0 saturated carbocycles. The van der Waals surface area contributed by atoms with E-state index in [1.165, 1.54) is 6.20 Å². The average Bonchev–Trinajstić information content (AvgIpc) is 2.92. The lowest BCUT2D eigenvalue weighted by molar-refractivity contribution is 0.0784. The molecule has 19 heavy (non-hydrogen) atoms. The van der Waals surface area contributed by atoms with Gasteiger partial charge in [-0.2, -0.15) is 5.10 Å². The van der Waals surface area contributed by atoms with E-state index < -0.39 is 0 Å². The van der Waals surface area contributed by atoms with Crippen LogP contribution >= 0.6 is 0 Å². The summed E-state index contributed by atoms with van der Waals surface area (Å²) in [5.41, 5.74) is 2.68. The monoisotopic (exact) mass is 259 g/mol. The molecule has 0 aliphatic rings. The van der Waals surface area contributed by atoms with Gasteiger partial charge in [0.15, 0.2) is 0 Å². The second-order valence-electron chi connectivity index (χ2n) is 4.46. The van der Waals surface area contributed by atoms with Gasteiger partial charge in [-0.05, 0) is 13.0 Å². The van der Waals surface area contributed by atoms with E-state index in [9.17, 15) is 4.79 Å². The molecule has 2 rings (SSSR count). The van der Waals surface area contributed by atoms with E-state index in [1.54, 1.807) is 25.3 Å². The Hall–Kier alpha value is -2.30. The molecule has 1 aromatic heterocycles. The topological polar surface area (TPSA) is 58.2 Å². The van der Waals surface area contributed by atoms with E-state index in [-0.39, 0.29) is 5.91 Å². The number of H-pyrrole nitrogens is 1. The van der Waals surface area contributed by atoms with Crippen molar-refractivity contribution in [1.82, 2.24) is 15.1 Å². The molecular weight excluding hydrogens is 242 g/mol. The van der Waals surface area contributed by atoms with Crippen LogP contribution in [0.4, 0.5) is 0 Å². The molecule has 1 amide bonds. The number of amides is 1. The normalized spacial score (nSPS) is 10.3. The molecule has 0 fully saturated rings. The lowest BCUT2D eigenvalue weighted by Gasteiger charge is -2.18. The molecule has 5 heteroatoms. The van der Waals surface area contributed by atoms with Crippen LogP contribution in [0.5, 0.6) is 5.75 Å². The zero-order valence-corrected chi connectivity index (χ0v) is 11.3. The molecule has 5 nitrogen and oxygen atoms in total. The zero-order chi connectivity index (χ0) is 13.8. The maximum atomic E-state index is 12.1. The first-order valence-corrected chi connectivity index (χ1v) is 5.99. The second-order valence-corrected chi connectivity index (χ2v) is 4.46. The SMILES string of the molecule is COc1ccc(C)cc1CN(C)C(=O)c1cn[nH]c1. The van der Waals surface area contributed by atoms with Gasteiger partial charge in [0.2, 0.25) is 0 Å². The predicted molar refractivity (Wildman–Crippen MR) is 72.1 cm³/mol. The summed E-state index contributed by atoms with van der Waals surface area (Å²) in [6, 6.07) is 5.93. The molecule has 1 aromatic carbocycles. The minimum Gasteiger partial charge on any atom is -0.496 e. The van der Waals surface area contributed by atoms with Crippen molar-refractivity contribution >= 4 is 5.91 Å². The molecule has 2 aromatic rings. The summed E-state index contributed by atoms with van der Waals surface area (Å²) in [6.07, 6.45) is 3.11. The Kier molecular flexibility index (Phi) is 3.85. The number of benzene rings is 1. The van der Waals surface area contributed by atoms with E-state index in [2.05, 4.69) is 10.2 Å². The Balaban J connectivity index is 2.17. The number of aromatic nitrogens is 2. The average molecular weight is 259 g/mol.